The van der Waals surface area contributed by atoms with Gasteiger partial charge in [-0.1, -0.05) is 13.0 Å². The Bertz CT molecular complexity index is 482. The van der Waals surface area contributed by atoms with Gasteiger partial charge in [0.25, 0.3) is 0 Å². The second kappa shape index (κ2) is 5.38. The fraction of sp³-hybridized carbons (Fsp3) is 0.308. The van der Waals surface area contributed by atoms with Crippen molar-refractivity contribution < 1.29 is 4.39 Å². The van der Waals surface area contributed by atoms with Gasteiger partial charge < -0.3 is 5.32 Å². The Labute approximate surface area is 105 Å². The van der Waals surface area contributed by atoms with Crippen molar-refractivity contribution in [1.82, 2.24) is 10.3 Å². The molecule has 0 aliphatic rings. The van der Waals surface area contributed by atoms with E-state index in [2.05, 4.69) is 17.2 Å². The Morgan fingerprint density at radius 3 is 2.88 bits per heavy atom. The minimum atomic E-state index is -0.189. The van der Waals surface area contributed by atoms with Crippen LogP contribution < -0.4 is 5.32 Å². The van der Waals surface area contributed by atoms with Crippen molar-refractivity contribution in [2.45, 2.75) is 19.9 Å². The molecule has 90 valence electrons. The number of halogens is 1. The van der Waals surface area contributed by atoms with Crippen molar-refractivity contribution in [3.8, 4) is 0 Å². The van der Waals surface area contributed by atoms with Gasteiger partial charge in [-0.2, -0.15) is 0 Å². The SMILES string of the molecule is CCNC(c1cncs1)c1ccc(F)cc1C. The third kappa shape index (κ3) is 2.70. The molecule has 1 heterocycles. The van der Waals surface area contributed by atoms with Crippen LogP contribution in [0.5, 0.6) is 0 Å². The van der Waals surface area contributed by atoms with Crippen LogP contribution in [-0.4, -0.2) is 11.5 Å². The summed E-state index contributed by atoms with van der Waals surface area (Å²) in [6.07, 6.45) is 1.86. The third-order valence-corrected chi connectivity index (χ3v) is 3.53. The topological polar surface area (TPSA) is 24.9 Å². The summed E-state index contributed by atoms with van der Waals surface area (Å²) in [5.74, 6) is -0.189. The predicted octanol–water partition coefficient (Wildman–Crippen LogP) is 3.29. The minimum absolute atomic E-state index is 0.105. The summed E-state index contributed by atoms with van der Waals surface area (Å²) < 4.78 is 13.1. The van der Waals surface area contributed by atoms with Gasteiger partial charge in [0, 0.05) is 11.1 Å². The van der Waals surface area contributed by atoms with Crippen LogP contribution in [0.4, 0.5) is 4.39 Å². The van der Waals surface area contributed by atoms with Gasteiger partial charge >= 0.3 is 0 Å². The fourth-order valence-electron chi connectivity index (χ4n) is 1.90. The molecule has 2 aromatic rings. The van der Waals surface area contributed by atoms with E-state index in [0.717, 1.165) is 22.5 Å². The van der Waals surface area contributed by atoms with E-state index in [-0.39, 0.29) is 11.9 Å². The molecule has 0 fully saturated rings. The lowest BCUT2D eigenvalue weighted by Crippen LogP contribution is -2.22. The molecule has 0 spiro atoms. The molecular weight excluding hydrogens is 235 g/mol. The molecule has 1 N–H and O–H groups in total. The number of thiazole rings is 1. The second-order valence-corrected chi connectivity index (χ2v) is 4.81. The number of rotatable bonds is 4. The molecule has 2 nitrogen and oxygen atoms in total. The summed E-state index contributed by atoms with van der Waals surface area (Å²) in [6, 6.07) is 5.03. The highest BCUT2D eigenvalue weighted by Crippen LogP contribution is 2.27. The number of hydrogen-bond donors (Lipinski definition) is 1. The quantitative estimate of drug-likeness (QED) is 0.900. The first-order valence-electron chi connectivity index (χ1n) is 5.60. The van der Waals surface area contributed by atoms with Crippen molar-refractivity contribution in [2.24, 2.45) is 0 Å². The maximum Gasteiger partial charge on any atom is 0.123 e. The van der Waals surface area contributed by atoms with Gasteiger partial charge in [-0.25, -0.2) is 4.39 Å². The zero-order valence-corrected chi connectivity index (χ0v) is 10.7. The Morgan fingerprint density at radius 2 is 2.29 bits per heavy atom. The molecule has 0 radical (unpaired) electrons. The van der Waals surface area contributed by atoms with Crippen molar-refractivity contribution in [2.75, 3.05) is 6.54 Å². The van der Waals surface area contributed by atoms with E-state index in [0.29, 0.717) is 0 Å². The molecule has 0 aliphatic heterocycles. The highest BCUT2D eigenvalue weighted by Gasteiger charge is 2.16. The lowest BCUT2D eigenvalue weighted by molar-refractivity contribution is 0.613. The Morgan fingerprint density at radius 1 is 1.47 bits per heavy atom. The summed E-state index contributed by atoms with van der Waals surface area (Å²) in [5.41, 5.74) is 3.89. The first kappa shape index (κ1) is 12.2. The zero-order valence-electron chi connectivity index (χ0n) is 9.90. The van der Waals surface area contributed by atoms with Crippen LogP contribution >= 0.6 is 11.3 Å². The standard InChI is InChI=1S/C13H15FN2S/c1-3-16-13(12-7-15-8-17-12)11-5-4-10(14)6-9(11)2/h4-8,13,16H,3H2,1-2H3. The maximum atomic E-state index is 13.1. The summed E-state index contributed by atoms with van der Waals surface area (Å²) >= 11 is 1.61. The molecule has 1 aromatic carbocycles. The Kier molecular flexibility index (Phi) is 3.86. The van der Waals surface area contributed by atoms with Crippen LogP contribution in [0.2, 0.25) is 0 Å². The highest BCUT2D eigenvalue weighted by atomic mass is 32.1. The van der Waals surface area contributed by atoms with Gasteiger partial charge in [0.1, 0.15) is 5.82 Å². The molecule has 0 aliphatic carbocycles. The monoisotopic (exact) mass is 250 g/mol. The minimum Gasteiger partial charge on any atom is -0.306 e. The Balaban J connectivity index is 2.39. The normalized spacial score (nSPS) is 12.6. The van der Waals surface area contributed by atoms with Crippen LogP contribution in [0.15, 0.2) is 29.9 Å². The first-order valence-corrected chi connectivity index (χ1v) is 6.48. The first-order chi connectivity index (χ1) is 8.22. The molecule has 2 rings (SSSR count). The summed E-state index contributed by atoms with van der Waals surface area (Å²) in [6.45, 7) is 4.86. The molecule has 0 saturated carbocycles. The van der Waals surface area contributed by atoms with Gasteiger partial charge in [-0.05, 0) is 36.7 Å². The molecule has 1 aromatic heterocycles. The van der Waals surface area contributed by atoms with E-state index in [9.17, 15) is 4.39 Å². The fourth-order valence-corrected chi connectivity index (χ4v) is 2.61. The largest absolute Gasteiger partial charge is 0.306 e. The third-order valence-electron chi connectivity index (χ3n) is 2.69. The van der Waals surface area contributed by atoms with E-state index < -0.39 is 0 Å². The molecule has 17 heavy (non-hydrogen) atoms. The Hall–Kier alpha value is -1.26. The average molecular weight is 250 g/mol. The molecule has 0 saturated heterocycles. The molecular formula is C13H15FN2S. The summed E-state index contributed by atoms with van der Waals surface area (Å²) in [4.78, 5) is 5.26. The van der Waals surface area contributed by atoms with Crippen molar-refractivity contribution in [3.63, 3.8) is 0 Å². The number of benzene rings is 1. The number of aromatic nitrogens is 1. The van der Waals surface area contributed by atoms with Crippen molar-refractivity contribution >= 4 is 11.3 Å². The van der Waals surface area contributed by atoms with E-state index in [1.165, 1.54) is 6.07 Å². The van der Waals surface area contributed by atoms with Crippen LogP contribution in [0.3, 0.4) is 0 Å². The number of nitrogens with zero attached hydrogens (tertiary/aromatic N) is 1. The maximum absolute atomic E-state index is 13.1. The second-order valence-electron chi connectivity index (χ2n) is 3.90. The molecule has 4 heteroatoms. The highest BCUT2D eigenvalue weighted by molar-refractivity contribution is 7.09. The van der Waals surface area contributed by atoms with Gasteiger partial charge in [0.15, 0.2) is 0 Å². The van der Waals surface area contributed by atoms with Crippen LogP contribution in [0, 0.1) is 12.7 Å². The van der Waals surface area contributed by atoms with Crippen LogP contribution in [-0.2, 0) is 0 Å². The summed E-state index contributed by atoms with van der Waals surface area (Å²) in [5, 5.41) is 3.41. The zero-order chi connectivity index (χ0) is 12.3. The van der Waals surface area contributed by atoms with E-state index in [1.807, 2.05) is 24.7 Å². The molecule has 1 unspecified atom stereocenters. The lowest BCUT2D eigenvalue weighted by atomic mass is 10.0. The van der Waals surface area contributed by atoms with E-state index >= 15 is 0 Å². The van der Waals surface area contributed by atoms with Crippen LogP contribution in [0.25, 0.3) is 0 Å². The van der Waals surface area contributed by atoms with E-state index in [4.69, 9.17) is 0 Å². The van der Waals surface area contributed by atoms with Crippen molar-refractivity contribution in [3.05, 3.63) is 51.7 Å². The van der Waals surface area contributed by atoms with Gasteiger partial charge in [-0.3, -0.25) is 4.98 Å². The van der Waals surface area contributed by atoms with E-state index in [1.54, 1.807) is 17.4 Å². The van der Waals surface area contributed by atoms with Gasteiger partial charge in [0.05, 0.1) is 11.6 Å². The summed E-state index contributed by atoms with van der Waals surface area (Å²) in [7, 11) is 0. The molecule has 1 atom stereocenters. The van der Waals surface area contributed by atoms with Gasteiger partial charge in [0.2, 0.25) is 0 Å². The number of hydrogen-bond acceptors (Lipinski definition) is 3. The predicted molar refractivity (Wildman–Crippen MR) is 68.8 cm³/mol. The molecule has 0 amide bonds. The van der Waals surface area contributed by atoms with Crippen LogP contribution in [0.1, 0.15) is 29.0 Å². The number of aryl methyl sites for hydroxylation is 1. The van der Waals surface area contributed by atoms with Crippen molar-refractivity contribution in [1.29, 1.82) is 0 Å². The smallest absolute Gasteiger partial charge is 0.123 e. The number of nitrogens with one attached hydrogen (secondary N) is 1. The lowest BCUT2D eigenvalue weighted by Gasteiger charge is -2.18. The van der Waals surface area contributed by atoms with Gasteiger partial charge in [-0.15, -0.1) is 11.3 Å². The average Bonchev–Trinajstić information content (AvgIpc) is 2.80. The molecule has 0 bridgehead atoms.